The van der Waals surface area contributed by atoms with Crippen LogP contribution in [0.25, 0.3) is 0 Å². The average Bonchev–Trinajstić information content (AvgIpc) is 2.50. The van der Waals surface area contributed by atoms with Crippen LogP contribution in [0.4, 0.5) is 14.5 Å². The van der Waals surface area contributed by atoms with Crippen LogP contribution in [0, 0.1) is 11.6 Å². The molecule has 5 nitrogen and oxygen atoms in total. The Kier molecular flexibility index (Phi) is 5.68. The van der Waals surface area contributed by atoms with Crippen LogP contribution < -0.4 is 10.0 Å². The molecule has 9 heteroatoms. The number of hydrogen-bond donors (Lipinski definition) is 2. The van der Waals surface area contributed by atoms with E-state index in [1.165, 1.54) is 12.1 Å². The zero-order chi connectivity index (χ0) is 17.9. The molecule has 0 heterocycles. The third kappa shape index (κ3) is 4.16. The minimum Gasteiger partial charge on any atom is -0.319 e. The predicted octanol–water partition coefficient (Wildman–Crippen LogP) is 3.28. The van der Waals surface area contributed by atoms with Crippen molar-refractivity contribution in [2.75, 3.05) is 11.9 Å². The number of rotatable bonds is 5. The number of halogens is 3. The molecule has 2 N–H and O–H groups in total. The van der Waals surface area contributed by atoms with Crippen LogP contribution in [-0.2, 0) is 10.0 Å². The predicted molar refractivity (Wildman–Crippen MR) is 89.3 cm³/mol. The van der Waals surface area contributed by atoms with Crippen molar-refractivity contribution >= 4 is 37.5 Å². The lowest BCUT2D eigenvalue weighted by Crippen LogP contribution is -2.24. The highest BCUT2D eigenvalue weighted by molar-refractivity contribution is 9.10. The van der Waals surface area contributed by atoms with Crippen molar-refractivity contribution in [1.29, 1.82) is 0 Å². The molecule has 2 rings (SSSR count). The first-order valence-corrected chi connectivity index (χ1v) is 9.08. The van der Waals surface area contributed by atoms with Gasteiger partial charge in [-0.15, -0.1) is 0 Å². The van der Waals surface area contributed by atoms with E-state index in [4.69, 9.17) is 0 Å². The van der Waals surface area contributed by atoms with Crippen LogP contribution in [0.3, 0.4) is 0 Å². The first kappa shape index (κ1) is 18.5. The fourth-order valence-electron chi connectivity index (χ4n) is 1.90. The third-order valence-electron chi connectivity index (χ3n) is 3.01. The fourth-order valence-corrected chi connectivity index (χ4v) is 3.30. The molecule has 0 radical (unpaired) electrons. The highest BCUT2D eigenvalue weighted by Gasteiger charge is 2.19. The standard InChI is InChI=1S/C15H13BrF2N2O3S/c1-2-19-24(22,23)10-4-5-12(17)11(8-10)15(21)20-14-6-3-9(16)7-13(14)18/h3-8,19H,2H2,1H3,(H,20,21). The molecule has 0 atom stereocenters. The fraction of sp³-hybridized carbons (Fsp3) is 0.133. The second kappa shape index (κ2) is 7.37. The maximum Gasteiger partial charge on any atom is 0.258 e. The summed E-state index contributed by atoms with van der Waals surface area (Å²) < 4.78 is 54.2. The number of anilines is 1. The first-order valence-electron chi connectivity index (χ1n) is 6.80. The van der Waals surface area contributed by atoms with Crippen molar-refractivity contribution in [3.63, 3.8) is 0 Å². The van der Waals surface area contributed by atoms with Gasteiger partial charge in [0.05, 0.1) is 16.1 Å². The van der Waals surface area contributed by atoms with Crippen molar-refractivity contribution in [3.8, 4) is 0 Å². The summed E-state index contributed by atoms with van der Waals surface area (Å²) in [4.78, 5) is 11.9. The summed E-state index contributed by atoms with van der Waals surface area (Å²) >= 11 is 3.08. The van der Waals surface area contributed by atoms with E-state index < -0.39 is 33.1 Å². The molecule has 2 aromatic rings. The van der Waals surface area contributed by atoms with E-state index in [1.807, 2.05) is 0 Å². The van der Waals surface area contributed by atoms with Gasteiger partial charge in [0.15, 0.2) is 0 Å². The minimum absolute atomic E-state index is 0.144. The lowest BCUT2D eigenvalue weighted by Gasteiger charge is -2.10. The quantitative estimate of drug-likeness (QED) is 0.781. The number of amides is 1. The zero-order valence-electron chi connectivity index (χ0n) is 12.4. The van der Waals surface area contributed by atoms with Crippen molar-refractivity contribution in [2.45, 2.75) is 11.8 Å². The number of benzene rings is 2. The van der Waals surface area contributed by atoms with Crippen LogP contribution in [0.1, 0.15) is 17.3 Å². The summed E-state index contributed by atoms with van der Waals surface area (Å²) in [5.74, 6) is -2.59. The molecule has 24 heavy (non-hydrogen) atoms. The molecule has 0 fully saturated rings. The lowest BCUT2D eigenvalue weighted by molar-refractivity contribution is 0.102. The SMILES string of the molecule is CCNS(=O)(=O)c1ccc(F)c(C(=O)Nc2ccc(Br)cc2F)c1. The Labute approximate surface area is 146 Å². The summed E-state index contributed by atoms with van der Waals surface area (Å²) in [6.07, 6.45) is 0. The Bertz CT molecular complexity index is 888. The summed E-state index contributed by atoms with van der Waals surface area (Å²) in [7, 11) is -3.85. The van der Waals surface area contributed by atoms with Crippen molar-refractivity contribution in [1.82, 2.24) is 4.72 Å². The molecule has 1 amide bonds. The van der Waals surface area contributed by atoms with Crippen molar-refractivity contribution in [2.24, 2.45) is 0 Å². The van der Waals surface area contributed by atoms with E-state index in [0.717, 1.165) is 24.3 Å². The van der Waals surface area contributed by atoms with Gasteiger partial charge in [0, 0.05) is 11.0 Å². The van der Waals surface area contributed by atoms with Gasteiger partial charge in [0.2, 0.25) is 10.0 Å². The number of carbonyl (C=O) groups excluding carboxylic acids is 1. The molecule has 0 aromatic heterocycles. The van der Waals surface area contributed by atoms with Gasteiger partial charge in [0.1, 0.15) is 11.6 Å². The Morgan fingerprint density at radius 1 is 1.12 bits per heavy atom. The maximum absolute atomic E-state index is 13.9. The molecule has 0 aliphatic rings. The molecule has 0 saturated heterocycles. The van der Waals surface area contributed by atoms with Gasteiger partial charge in [-0.05, 0) is 36.4 Å². The van der Waals surface area contributed by atoms with Gasteiger partial charge in [-0.25, -0.2) is 21.9 Å². The smallest absolute Gasteiger partial charge is 0.258 e. The normalized spacial score (nSPS) is 11.3. The summed E-state index contributed by atoms with van der Waals surface area (Å²) in [5.41, 5.74) is -0.654. The molecule has 2 aromatic carbocycles. The second-order valence-corrected chi connectivity index (χ2v) is 7.40. The van der Waals surface area contributed by atoms with Gasteiger partial charge < -0.3 is 5.32 Å². The monoisotopic (exact) mass is 418 g/mol. The van der Waals surface area contributed by atoms with Gasteiger partial charge in [0.25, 0.3) is 5.91 Å². The van der Waals surface area contributed by atoms with E-state index in [0.29, 0.717) is 4.47 Å². The topological polar surface area (TPSA) is 75.3 Å². The molecule has 0 saturated carbocycles. The number of carbonyl (C=O) groups is 1. The van der Waals surface area contributed by atoms with Crippen molar-refractivity contribution < 1.29 is 22.0 Å². The molecule has 0 aliphatic heterocycles. The van der Waals surface area contributed by atoms with Crippen LogP contribution in [0.2, 0.25) is 0 Å². The van der Waals surface area contributed by atoms with E-state index >= 15 is 0 Å². The van der Waals surface area contributed by atoms with E-state index in [2.05, 4.69) is 26.0 Å². The van der Waals surface area contributed by atoms with Crippen LogP contribution in [0.15, 0.2) is 45.8 Å². The van der Waals surface area contributed by atoms with Gasteiger partial charge in [-0.3, -0.25) is 4.79 Å². The highest BCUT2D eigenvalue weighted by atomic mass is 79.9. The van der Waals surface area contributed by atoms with E-state index in [-0.39, 0.29) is 17.1 Å². The zero-order valence-corrected chi connectivity index (χ0v) is 14.8. The molecule has 0 unspecified atom stereocenters. The third-order valence-corrected chi connectivity index (χ3v) is 5.04. The Morgan fingerprint density at radius 3 is 2.46 bits per heavy atom. The Balaban J connectivity index is 2.35. The van der Waals surface area contributed by atoms with Crippen LogP contribution in [-0.4, -0.2) is 20.9 Å². The van der Waals surface area contributed by atoms with Crippen LogP contribution in [0.5, 0.6) is 0 Å². The van der Waals surface area contributed by atoms with Crippen molar-refractivity contribution in [3.05, 3.63) is 58.1 Å². The number of hydrogen-bond acceptors (Lipinski definition) is 3. The highest BCUT2D eigenvalue weighted by Crippen LogP contribution is 2.21. The Hall–Kier alpha value is -1.84. The average molecular weight is 419 g/mol. The van der Waals surface area contributed by atoms with E-state index in [9.17, 15) is 22.0 Å². The molecule has 0 aliphatic carbocycles. The molecule has 0 bridgehead atoms. The Morgan fingerprint density at radius 2 is 1.83 bits per heavy atom. The summed E-state index contributed by atoms with van der Waals surface area (Å²) in [6, 6.07) is 6.76. The maximum atomic E-state index is 13.9. The van der Waals surface area contributed by atoms with Gasteiger partial charge >= 0.3 is 0 Å². The number of nitrogens with one attached hydrogen (secondary N) is 2. The largest absolute Gasteiger partial charge is 0.319 e. The second-order valence-electron chi connectivity index (χ2n) is 4.72. The van der Waals surface area contributed by atoms with E-state index in [1.54, 1.807) is 6.92 Å². The van der Waals surface area contributed by atoms with Crippen LogP contribution >= 0.6 is 15.9 Å². The molecular weight excluding hydrogens is 406 g/mol. The first-order chi connectivity index (χ1) is 11.2. The minimum atomic E-state index is -3.85. The van der Waals surface area contributed by atoms with Gasteiger partial charge in [-0.2, -0.15) is 0 Å². The molecule has 128 valence electrons. The summed E-state index contributed by atoms with van der Waals surface area (Å²) in [6.45, 7) is 1.73. The summed E-state index contributed by atoms with van der Waals surface area (Å²) in [5, 5.41) is 2.22. The lowest BCUT2D eigenvalue weighted by atomic mass is 10.2. The molecular formula is C15H13BrF2N2O3S. The van der Waals surface area contributed by atoms with Gasteiger partial charge in [-0.1, -0.05) is 22.9 Å². The molecule has 0 spiro atoms. The number of sulfonamides is 1.